The molecular formula is C13H20OSi. The summed E-state index contributed by atoms with van der Waals surface area (Å²) in [4.78, 5) is 0. The first kappa shape index (κ1) is 10.9. The Morgan fingerprint density at radius 3 is 2.33 bits per heavy atom. The second-order valence-corrected chi connectivity index (χ2v) is 11.3. The fourth-order valence-electron chi connectivity index (χ4n) is 2.55. The molecule has 0 heterocycles. The van der Waals surface area contributed by atoms with Crippen molar-refractivity contribution in [2.75, 3.05) is 0 Å². The lowest BCUT2D eigenvalue weighted by Crippen LogP contribution is -2.27. The van der Waals surface area contributed by atoms with Crippen LogP contribution in [0.3, 0.4) is 0 Å². The van der Waals surface area contributed by atoms with Crippen molar-refractivity contribution in [3.8, 4) is 0 Å². The van der Waals surface area contributed by atoms with Crippen molar-refractivity contribution in [1.29, 1.82) is 0 Å². The average molecular weight is 220 g/mol. The molecule has 2 rings (SSSR count). The summed E-state index contributed by atoms with van der Waals surface area (Å²) in [6, 6.07) is 10.3. The summed E-state index contributed by atoms with van der Waals surface area (Å²) in [7, 11) is -1.16. The van der Waals surface area contributed by atoms with Gasteiger partial charge in [-0.05, 0) is 17.5 Å². The molecule has 1 aliphatic carbocycles. The summed E-state index contributed by atoms with van der Waals surface area (Å²) in [6.07, 6.45) is 1.85. The maximum Gasteiger partial charge on any atom is 0.0694 e. The van der Waals surface area contributed by atoms with Crippen LogP contribution in [0.1, 0.15) is 12.0 Å². The molecule has 0 aliphatic heterocycles. The number of aliphatic hydroxyl groups is 1. The van der Waals surface area contributed by atoms with E-state index in [1.165, 1.54) is 5.56 Å². The predicted octanol–water partition coefficient (Wildman–Crippen LogP) is 3.07. The van der Waals surface area contributed by atoms with E-state index in [1.807, 2.05) is 18.2 Å². The lowest BCUT2D eigenvalue weighted by atomic mass is 10.1. The minimum Gasteiger partial charge on any atom is -0.390 e. The number of hydrogen-bond donors (Lipinski definition) is 1. The van der Waals surface area contributed by atoms with E-state index in [0.29, 0.717) is 5.54 Å². The van der Waals surface area contributed by atoms with E-state index in [9.17, 15) is 5.11 Å². The van der Waals surface area contributed by atoms with E-state index in [1.54, 1.807) is 0 Å². The van der Waals surface area contributed by atoms with Gasteiger partial charge in [0.25, 0.3) is 0 Å². The molecule has 15 heavy (non-hydrogen) atoms. The average Bonchev–Trinajstić information content (AvgIpc) is 2.79. The molecule has 1 N–H and O–H groups in total. The largest absolute Gasteiger partial charge is 0.390 e. The number of hydrogen-bond acceptors (Lipinski definition) is 1. The van der Waals surface area contributed by atoms with Gasteiger partial charge < -0.3 is 5.11 Å². The van der Waals surface area contributed by atoms with E-state index in [4.69, 9.17) is 0 Å². The van der Waals surface area contributed by atoms with Crippen molar-refractivity contribution < 1.29 is 5.11 Å². The highest BCUT2D eigenvalue weighted by atomic mass is 28.3. The van der Waals surface area contributed by atoms with Crippen LogP contribution in [0.15, 0.2) is 30.3 Å². The third-order valence-electron chi connectivity index (χ3n) is 3.44. The third-order valence-corrected chi connectivity index (χ3v) is 6.28. The maximum atomic E-state index is 10.4. The summed E-state index contributed by atoms with van der Waals surface area (Å²) in [5.41, 5.74) is 1.47. The van der Waals surface area contributed by atoms with Crippen LogP contribution in [0.25, 0.3) is 0 Å². The van der Waals surface area contributed by atoms with E-state index in [-0.39, 0.29) is 5.60 Å². The zero-order valence-corrected chi connectivity index (χ0v) is 10.8. The molecule has 2 unspecified atom stereocenters. The highest BCUT2D eigenvalue weighted by molar-refractivity contribution is 6.78. The molecule has 0 amide bonds. The van der Waals surface area contributed by atoms with Crippen LogP contribution in [0.5, 0.6) is 0 Å². The topological polar surface area (TPSA) is 20.2 Å². The summed E-state index contributed by atoms with van der Waals surface area (Å²) in [6.45, 7) is 7.04. The summed E-state index contributed by atoms with van der Waals surface area (Å²) in [5.74, 6) is 0. The Kier molecular flexibility index (Phi) is 2.51. The Bertz CT molecular complexity index is 341. The molecule has 1 nitrogen and oxygen atoms in total. The molecule has 0 saturated heterocycles. The van der Waals surface area contributed by atoms with Crippen LogP contribution < -0.4 is 0 Å². The number of benzene rings is 1. The standard InChI is InChI=1S/C13H20OSi/c1-15(2,3)12-10-13(12,14)9-11-7-5-4-6-8-11/h4-8,12,14H,9-10H2,1-3H3. The van der Waals surface area contributed by atoms with E-state index >= 15 is 0 Å². The Morgan fingerprint density at radius 1 is 1.27 bits per heavy atom. The molecule has 0 aromatic heterocycles. The van der Waals surface area contributed by atoms with E-state index < -0.39 is 8.07 Å². The zero-order valence-electron chi connectivity index (χ0n) is 9.83. The summed E-state index contributed by atoms with van der Waals surface area (Å²) < 4.78 is 0. The fourth-order valence-corrected chi connectivity index (χ4v) is 5.23. The molecule has 0 radical (unpaired) electrons. The Hall–Kier alpha value is -0.603. The minimum atomic E-state index is -1.16. The van der Waals surface area contributed by atoms with E-state index in [2.05, 4.69) is 31.8 Å². The quantitative estimate of drug-likeness (QED) is 0.776. The highest BCUT2D eigenvalue weighted by Gasteiger charge is 2.58. The van der Waals surface area contributed by atoms with E-state index in [0.717, 1.165) is 12.8 Å². The van der Waals surface area contributed by atoms with Gasteiger partial charge in [-0.25, -0.2) is 0 Å². The van der Waals surface area contributed by atoms with Gasteiger partial charge in [-0.3, -0.25) is 0 Å². The molecule has 1 aliphatic rings. The van der Waals surface area contributed by atoms with Gasteiger partial charge in [0, 0.05) is 6.42 Å². The number of rotatable bonds is 3. The molecule has 1 aromatic carbocycles. The molecule has 0 spiro atoms. The summed E-state index contributed by atoms with van der Waals surface area (Å²) >= 11 is 0. The van der Waals surface area contributed by atoms with Crippen LogP contribution in [-0.2, 0) is 6.42 Å². The third kappa shape index (κ3) is 2.32. The van der Waals surface area contributed by atoms with Crippen LogP contribution in [0.4, 0.5) is 0 Å². The normalized spacial score (nSPS) is 30.3. The molecule has 82 valence electrons. The first-order valence-corrected chi connectivity index (χ1v) is 9.26. The van der Waals surface area contributed by atoms with Crippen molar-refractivity contribution in [1.82, 2.24) is 0 Å². The second kappa shape index (κ2) is 3.46. The van der Waals surface area contributed by atoms with Crippen molar-refractivity contribution >= 4 is 8.07 Å². The molecule has 1 saturated carbocycles. The Morgan fingerprint density at radius 2 is 1.87 bits per heavy atom. The van der Waals surface area contributed by atoms with Gasteiger partial charge in [0.2, 0.25) is 0 Å². The second-order valence-electron chi connectivity index (χ2n) is 5.89. The first-order valence-electron chi connectivity index (χ1n) is 5.68. The molecule has 0 bridgehead atoms. The lowest BCUT2D eigenvalue weighted by molar-refractivity contribution is 0.150. The van der Waals surface area contributed by atoms with Crippen molar-refractivity contribution in [3.63, 3.8) is 0 Å². The predicted molar refractivity (Wildman–Crippen MR) is 66.8 cm³/mol. The van der Waals surface area contributed by atoms with Gasteiger partial charge in [0.15, 0.2) is 0 Å². The van der Waals surface area contributed by atoms with Crippen molar-refractivity contribution in [3.05, 3.63) is 35.9 Å². The Balaban J connectivity index is 2.04. The van der Waals surface area contributed by atoms with Gasteiger partial charge in [0.05, 0.1) is 13.7 Å². The zero-order chi connectivity index (χ0) is 11.1. The van der Waals surface area contributed by atoms with Gasteiger partial charge in [0.1, 0.15) is 0 Å². The van der Waals surface area contributed by atoms with Gasteiger partial charge >= 0.3 is 0 Å². The van der Waals surface area contributed by atoms with Crippen molar-refractivity contribution in [2.45, 2.75) is 43.6 Å². The molecular weight excluding hydrogens is 200 g/mol. The van der Waals surface area contributed by atoms with Crippen LogP contribution in [0.2, 0.25) is 25.2 Å². The fraction of sp³-hybridized carbons (Fsp3) is 0.538. The van der Waals surface area contributed by atoms with Gasteiger partial charge in [-0.1, -0.05) is 50.0 Å². The van der Waals surface area contributed by atoms with Gasteiger partial charge in [-0.15, -0.1) is 0 Å². The minimum absolute atomic E-state index is 0.383. The lowest BCUT2D eigenvalue weighted by Gasteiger charge is -2.19. The molecule has 1 fully saturated rings. The van der Waals surface area contributed by atoms with Crippen molar-refractivity contribution in [2.24, 2.45) is 0 Å². The van der Waals surface area contributed by atoms with Crippen LogP contribution in [-0.4, -0.2) is 18.8 Å². The molecule has 1 aromatic rings. The first-order chi connectivity index (χ1) is 6.92. The maximum absolute atomic E-state index is 10.4. The Labute approximate surface area is 93.2 Å². The van der Waals surface area contributed by atoms with Crippen LogP contribution in [0, 0.1) is 0 Å². The van der Waals surface area contributed by atoms with Gasteiger partial charge in [-0.2, -0.15) is 0 Å². The SMILES string of the molecule is C[Si](C)(C)C1CC1(O)Cc1ccccc1. The van der Waals surface area contributed by atoms with Crippen LogP contribution >= 0.6 is 0 Å². The monoisotopic (exact) mass is 220 g/mol. The smallest absolute Gasteiger partial charge is 0.0694 e. The highest BCUT2D eigenvalue weighted by Crippen LogP contribution is 2.56. The molecule has 2 atom stereocenters. The molecule has 2 heteroatoms. The summed E-state index contributed by atoms with van der Waals surface area (Å²) in [5, 5.41) is 10.4.